The van der Waals surface area contributed by atoms with Crippen LogP contribution in [0.15, 0.2) is 18.2 Å². The van der Waals surface area contributed by atoms with Crippen molar-refractivity contribution in [2.75, 3.05) is 26.3 Å². The molecule has 1 heterocycles. The summed E-state index contributed by atoms with van der Waals surface area (Å²) >= 11 is 5.88. The smallest absolute Gasteiger partial charge is 0.260 e. The van der Waals surface area contributed by atoms with E-state index >= 15 is 0 Å². The van der Waals surface area contributed by atoms with Gasteiger partial charge >= 0.3 is 0 Å². The Balaban J connectivity index is 1.99. The molecule has 1 aromatic carbocycles. The summed E-state index contributed by atoms with van der Waals surface area (Å²) in [4.78, 5) is 25.2. The summed E-state index contributed by atoms with van der Waals surface area (Å²) < 4.78 is 11.0. The Hall–Kier alpha value is -1.79. The zero-order chi connectivity index (χ0) is 16.1. The van der Waals surface area contributed by atoms with Crippen molar-refractivity contribution in [2.45, 2.75) is 19.4 Å². The Morgan fingerprint density at radius 2 is 2.27 bits per heavy atom. The first-order valence-electron chi connectivity index (χ1n) is 7.12. The molecule has 1 fully saturated rings. The first kappa shape index (κ1) is 16.6. The summed E-state index contributed by atoms with van der Waals surface area (Å²) in [6.07, 6.45) is 0.912. The number of nitrogens with two attached hydrogens (primary N) is 1. The number of hydrogen-bond donors (Lipinski definition) is 1. The van der Waals surface area contributed by atoms with Crippen molar-refractivity contribution in [3.05, 3.63) is 28.8 Å². The summed E-state index contributed by atoms with van der Waals surface area (Å²) in [6.45, 7) is 3.46. The molecule has 1 saturated heterocycles. The third kappa shape index (κ3) is 4.11. The molecule has 1 aromatic rings. The Bertz CT molecular complexity index is 564. The zero-order valence-electron chi connectivity index (χ0n) is 12.4. The fourth-order valence-electron chi connectivity index (χ4n) is 2.24. The minimum atomic E-state index is -0.628. The topological polar surface area (TPSA) is 81.9 Å². The van der Waals surface area contributed by atoms with Crippen LogP contribution in [0.1, 0.15) is 23.7 Å². The van der Waals surface area contributed by atoms with Crippen molar-refractivity contribution in [3.8, 4) is 5.75 Å². The molecule has 120 valence electrons. The molecule has 0 bridgehead atoms. The molecule has 0 spiro atoms. The molecule has 6 nitrogen and oxygen atoms in total. The fourth-order valence-corrected chi connectivity index (χ4v) is 2.40. The summed E-state index contributed by atoms with van der Waals surface area (Å²) in [5.74, 6) is -0.567. The van der Waals surface area contributed by atoms with Crippen molar-refractivity contribution < 1.29 is 19.1 Å². The largest absolute Gasteiger partial charge is 0.483 e. The highest BCUT2D eigenvalue weighted by Crippen LogP contribution is 2.23. The third-order valence-electron chi connectivity index (χ3n) is 3.51. The Morgan fingerprint density at radius 3 is 2.95 bits per heavy atom. The van der Waals surface area contributed by atoms with E-state index in [1.165, 1.54) is 12.1 Å². The van der Waals surface area contributed by atoms with Crippen LogP contribution in [0, 0.1) is 0 Å². The van der Waals surface area contributed by atoms with Gasteiger partial charge in [0.05, 0.1) is 18.3 Å². The predicted molar refractivity (Wildman–Crippen MR) is 82.1 cm³/mol. The van der Waals surface area contributed by atoms with Gasteiger partial charge in [-0.1, -0.05) is 18.5 Å². The SMILES string of the molecule is CC[C@@H]1CN(C(=O)COc2cc(Cl)ccc2C(N)=O)CCO1. The number of morpholine rings is 1. The highest BCUT2D eigenvalue weighted by Gasteiger charge is 2.23. The second-order valence-corrected chi connectivity index (χ2v) is 5.47. The van der Waals surface area contributed by atoms with Crippen molar-refractivity contribution in [1.82, 2.24) is 4.90 Å². The van der Waals surface area contributed by atoms with Gasteiger partial charge < -0.3 is 20.1 Å². The van der Waals surface area contributed by atoms with E-state index in [4.69, 9.17) is 26.8 Å². The molecule has 22 heavy (non-hydrogen) atoms. The molecule has 1 aliphatic rings. The molecule has 2 N–H and O–H groups in total. The van der Waals surface area contributed by atoms with Crippen molar-refractivity contribution >= 4 is 23.4 Å². The monoisotopic (exact) mass is 326 g/mol. The van der Waals surface area contributed by atoms with E-state index in [2.05, 4.69) is 0 Å². The standard InChI is InChI=1S/C15H19ClN2O4/c1-2-11-8-18(5-6-21-11)14(19)9-22-13-7-10(16)3-4-12(13)15(17)20/h3-4,7,11H,2,5-6,8-9H2,1H3,(H2,17,20)/t11-/m1/s1. The Morgan fingerprint density at radius 1 is 1.50 bits per heavy atom. The molecular formula is C15H19ClN2O4. The van der Waals surface area contributed by atoms with E-state index in [0.717, 1.165) is 6.42 Å². The van der Waals surface area contributed by atoms with Crippen LogP contribution in [-0.4, -0.2) is 49.1 Å². The normalized spacial score (nSPS) is 18.1. The molecule has 0 aromatic heterocycles. The van der Waals surface area contributed by atoms with Gasteiger partial charge in [-0.15, -0.1) is 0 Å². The lowest BCUT2D eigenvalue weighted by molar-refractivity contribution is -0.141. The van der Waals surface area contributed by atoms with E-state index in [1.54, 1.807) is 11.0 Å². The highest BCUT2D eigenvalue weighted by atomic mass is 35.5. The van der Waals surface area contributed by atoms with Gasteiger partial charge in [-0.25, -0.2) is 0 Å². The summed E-state index contributed by atoms with van der Waals surface area (Å²) in [5, 5.41) is 0.407. The number of carbonyl (C=O) groups is 2. The minimum absolute atomic E-state index is 0.0602. The molecule has 0 radical (unpaired) electrons. The van der Waals surface area contributed by atoms with Gasteiger partial charge in [0, 0.05) is 18.1 Å². The third-order valence-corrected chi connectivity index (χ3v) is 3.74. The molecule has 1 atom stereocenters. The van der Waals surface area contributed by atoms with Crippen LogP contribution in [0.3, 0.4) is 0 Å². The van der Waals surface area contributed by atoms with Crippen LogP contribution < -0.4 is 10.5 Å². The molecular weight excluding hydrogens is 308 g/mol. The summed E-state index contributed by atoms with van der Waals surface area (Å²) in [6, 6.07) is 4.50. The average Bonchev–Trinajstić information content (AvgIpc) is 2.52. The van der Waals surface area contributed by atoms with Gasteiger partial charge in [0.1, 0.15) is 5.75 Å². The molecule has 0 aliphatic carbocycles. The lowest BCUT2D eigenvalue weighted by atomic mass is 10.2. The van der Waals surface area contributed by atoms with E-state index in [0.29, 0.717) is 24.7 Å². The van der Waals surface area contributed by atoms with E-state index in [1.807, 2.05) is 6.92 Å². The summed E-state index contributed by atoms with van der Waals surface area (Å²) in [5.41, 5.74) is 5.48. The number of benzene rings is 1. The zero-order valence-corrected chi connectivity index (χ0v) is 13.1. The Kier molecular flexibility index (Phi) is 5.63. The number of carbonyl (C=O) groups excluding carboxylic acids is 2. The van der Waals surface area contributed by atoms with Crippen LogP contribution in [0.4, 0.5) is 0 Å². The Labute approximate surface area is 134 Å². The minimum Gasteiger partial charge on any atom is -0.483 e. The molecule has 1 aliphatic heterocycles. The second kappa shape index (κ2) is 7.47. The molecule has 2 rings (SSSR count). The summed E-state index contributed by atoms with van der Waals surface area (Å²) in [7, 11) is 0. The van der Waals surface area contributed by atoms with Gasteiger partial charge in [0.15, 0.2) is 6.61 Å². The quantitative estimate of drug-likeness (QED) is 0.888. The van der Waals surface area contributed by atoms with Crippen LogP contribution >= 0.6 is 11.6 Å². The number of nitrogens with zero attached hydrogens (tertiary/aromatic N) is 1. The van der Waals surface area contributed by atoms with Crippen LogP contribution in [-0.2, 0) is 9.53 Å². The van der Waals surface area contributed by atoms with Gasteiger partial charge in [-0.3, -0.25) is 9.59 Å². The lowest BCUT2D eigenvalue weighted by Crippen LogP contribution is -2.47. The maximum absolute atomic E-state index is 12.2. The number of hydrogen-bond acceptors (Lipinski definition) is 4. The molecule has 2 amide bonds. The average molecular weight is 327 g/mol. The molecule has 0 unspecified atom stereocenters. The van der Waals surface area contributed by atoms with Crippen molar-refractivity contribution in [3.63, 3.8) is 0 Å². The first-order chi connectivity index (χ1) is 10.5. The molecule has 0 saturated carbocycles. The highest BCUT2D eigenvalue weighted by molar-refractivity contribution is 6.30. The number of rotatable bonds is 5. The maximum atomic E-state index is 12.2. The number of amides is 2. The van der Waals surface area contributed by atoms with Crippen molar-refractivity contribution in [2.24, 2.45) is 5.73 Å². The first-order valence-corrected chi connectivity index (χ1v) is 7.50. The maximum Gasteiger partial charge on any atom is 0.260 e. The number of primary amides is 1. The predicted octanol–water partition coefficient (Wildman–Crippen LogP) is 1.46. The van der Waals surface area contributed by atoms with Gasteiger partial charge in [-0.05, 0) is 24.6 Å². The van der Waals surface area contributed by atoms with Gasteiger partial charge in [0.25, 0.3) is 11.8 Å². The van der Waals surface area contributed by atoms with Crippen LogP contribution in [0.5, 0.6) is 5.75 Å². The number of ether oxygens (including phenoxy) is 2. The van der Waals surface area contributed by atoms with Gasteiger partial charge in [-0.2, -0.15) is 0 Å². The number of halogens is 1. The van der Waals surface area contributed by atoms with Crippen LogP contribution in [0.2, 0.25) is 5.02 Å². The van der Waals surface area contributed by atoms with E-state index in [-0.39, 0.29) is 29.9 Å². The van der Waals surface area contributed by atoms with Crippen LogP contribution in [0.25, 0.3) is 0 Å². The lowest BCUT2D eigenvalue weighted by Gasteiger charge is -2.32. The van der Waals surface area contributed by atoms with E-state index in [9.17, 15) is 9.59 Å². The van der Waals surface area contributed by atoms with E-state index < -0.39 is 5.91 Å². The fraction of sp³-hybridized carbons (Fsp3) is 0.467. The second-order valence-electron chi connectivity index (χ2n) is 5.03. The molecule has 7 heteroatoms. The van der Waals surface area contributed by atoms with Gasteiger partial charge in [0.2, 0.25) is 0 Å². The van der Waals surface area contributed by atoms with Crippen molar-refractivity contribution in [1.29, 1.82) is 0 Å².